The molecule has 12 unspecified atom stereocenters. The molecule has 0 nitrogen and oxygen atoms in total. The smallest absolute Gasteiger partial charge is 0.0360 e. The van der Waals surface area contributed by atoms with Crippen LogP contribution in [0.25, 0.3) is 0 Å². The molecule has 0 saturated heterocycles. The summed E-state index contributed by atoms with van der Waals surface area (Å²) in [7, 11) is 0. The minimum absolute atomic E-state index is 1.01. The van der Waals surface area contributed by atoms with Crippen LogP contribution in [-0.2, 0) is 0 Å². The Hall–Kier alpha value is 0. The van der Waals surface area contributed by atoms with Crippen LogP contribution in [0.2, 0.25) is 0 Å². The van der Waals surface area contributed by atoms with Crippen LogP contribution in [0.1, 0.15) is 404 Å². The van der Waals surface area contributed by atoms with E-state index >= 15 is 0 Å². The first-order valence-corrected chi connectivity index (χ1v) is 40.0. The van der Waals surface area contributed by atoms with Gasteiger partial charge in [0.1, 0.15) is 0 Å². The van der Waals surface area contributed by atoms with Gasteiger partial charge in [-0.05, 0) is 221 Å². The fourth-order valence-corrected chi connectivity index (χ4v) is 21.3. The van der Waals surface area contributed by atoms with Crippen LogP contribution in [0.15, 0.2) is 0 Å². The summed E-state index contributed by atoms with van der Waals surface area (Å²) in [6.45, 7) is 29.0. The third-order valence-corrected chi connectivity index (χ3v) is 26.7. The molecule has 484 valence electrons. The summed E-state index contributed by atoms with van der Waals surface area (Å²) in [6, 6.07) is 0. The Morgan fingerprint density at radius 1 is 0.195 bits per heavy atom. The average Bonchev–Trinajstić information content (AvgIpc) is 3.58. The van der Waals surface area contributed by atoms with Crippen molar-refractivity contribution >= 4 is 0 Å². The van der Waals surface area contributed by atoms with Crippen molar-refractivity contribution in [2.75, 3.05) is 0 Å². The normalized spacial score (nSPS) is 38.2. The van der Waals surface area contributed by atoms with Gasteiger partial charge in [-0.15, -0.1) is 0 Å². The lowest BCUT2D eigenvalue weighted by Gasteiger charge is -2.42. The molecule has 0 aromatic carbocycles. The molecular formula is C82H156. The van der Waals surface area contributed by atoms with Gasteiger partial charge in [0.15, 0.2) is 0 Å². The summed E-state index contributed by atoms with van der Waals surface area (Å²) >= 11 is 0. The lowest BCUT2D eigenvalue weighted by Crippen LogP contribution is -2.31. The maximum atomic E-state index is 2.58. The van der Waals surface area contributed by atoms with Crippen LogP contribution in [0.5, 0.6) is 0 Å². The quantitative estimate of drug-likeness (QED) is 0.0758. The van der Waals surface area contributed by atoms with Gasteiger partial charge in [-0.25, -0.2) is 0 Å². The van der Waals surface area contributed by atoms with Crippen LogP contribution in [0.4, 0.5) is 0 Å². The largest absolute Gasteiger partial charge is 0.0654 e. The molecule has 0 heterocycles. The Balaban J connectivity index is 0.000000201. The van der Waals surface area contributed by atoms with Crippen LogP contribution in [0, 0.1) is 118 Å². The summed E-state index contributed by atoms with van der Waals surface area (Å²) in [6.07, 6.45) is 75.3. The van der Waals surface area contributed by atoms with E-state index in [0.717, 1.165) is 118 Å². The second-order valence-electron chi connectivity index (χ2n) is 32.8. The van der Waals surface area contributed by atoms with E-state index in [1.54, 1.807) is 167 Å². The molecule has 82 heavy (non-hydrogen) atoms. The third kappa shape index (κ3) is 26.2. The lowest BCUT2D eigenvalue weighted by molar-refractivity contribution is 0.0919. The molecule has 8 aliphatic carbocycles. The number of hydrogen-bond acceptors (Lipinski definition) is 0. The molecule has 0 N–H and O–H groups in total. The van der Waals surface area contributed by atoms with Crippen molar-refractivity contribution in [3.05, 3.63) is 0 Å². The lowest BCUT2D eigenvalue weighted by atomic mass is 9.64. The van der Waals surface area contributed by atoms with Crippen LogP contribution >= 0.6 is 0 Å². The first-order chi connectivity index (χ1) is 40.0. The topological polar surface area (TPSA) is 0 Å². The summed E-state index contributed by atoms with van der Waals surface area (Å²) in [5.74, 6) is 21.3. The predicted molar refractivity (Wildman–Crippen MR) is 369 cm³/mol. The summed E-state index contributed by atoms with van der Waals surface area (Å²) in [4.78, 5) is 0. The maximum absolute atomic E-state index is 2.58. The van der Waals surface area contributed by atoms with E-state index in [2.05, 4.69) is 83.1 Å². The van der Waals surface area contributed by atoms with Gasteiger partial charge >= 0.3 is 0 Å². The highest BCUT2D eigenvalue weighted by atomic mass is 14.4. The van der Waals surface area contributed by atoms with Crippen molar-refractivity contribution < 1.29 is 0 Å². The van der Waals surface area contributed by atoms with E-state index in [1.807, 2.05) is 0 Å². The van der Waals surface area contributed by atoms with E-state index in [0.29, 0.717) is 0 Å². The van der Waals surface area contributed by atoms with Crippen molar-refractivity contribution in [3.63, 3.8) is 0 Å². The van der Waals surface area contributed by atoms with Gasteiger partial charge in [0, 0.05) is 0 Å². The molecule has 8 saturated carbocycles. The Morgan fingerprint density at radius 3 is 0.646 bits per heavy atom. The van der Waals surface area contributed by atoms with E-state index < -0.39 is 0 Å². The Bertz CT molecular complexity index is 1460. The first-order valence-electron chi connectivity index (χ1n) is 40.0. The van der Waals surface area contributed by atoms with Gasteiger partial charge in [-0.1, -0.05) is 301 Å². The zero-order valence-electron chi connectivity index (χ0n) is 58.9. The second-order valence-corrected chi connectivity index (χ2v) is 32.8. The molecule has 0 aliphatic heterocycles. The Labute approximate surface area is 519 Å². The fourth-order valence-electron chi connectivity index (χ4n) is 21.3. The number of hydrogen-bond donors (Lipinski definition) is 0. The molecule has 0 aromatic rings. The van der Waals surface area contributed by atoms with Gasteiger partial charge < -0.3 is 0 Å². The standard InChI is InChI=1S/C22H42.C21H40.C20H38.C19H36/c1-4-6-8-10-19-11-14-21(15-12-19)22-16-13-20(9-7-5-2)17-18(22)3;1-4-6-8-18-10-13-20(14-11-18)21-15-12-19(9-7-5-2)16-17(21)3;1-4-6-8-18-11-14-20(16(3)15-18)19-12-9-17(7-5-2)10-13-19;1-4-6-7-17-10-13-19(15(3)14-17)18-11-8-16(5-2)9-12-18/h18-22H,4-17H2,1-3H3;17-21H,4-16H2,1-3H3;16-20H,4-15H2,1-3H3;15-19H,4-14H2,1-3H3. The molecule has 0 spiro atoms. The first kappa shape index (κ1) is 72.7. The highest BCUT2D eigenvalue weighted by Gasteiger charge is 2.39. The molecule has 12 atom stereocenters. The van der Waals surface area contributed by atoms with E-state index in [-0.39, 0.29) is 0 Å². The van der Waals surface area contributed by atoms with E-state index in [1.165, 1.54) is 154 Å². The number of rotatable bonds is 26. The summed E-state index contributed by atoms with van der Waals surface area (Å²) in [5.41, 5.74) is 0. The van der Waals surface area contributed by atoms with Gasteiger partial charge in [-0.3, -0.25) is 0 Å². The molecule has 8 aliphatic rings. The summed E-state index contributed by atoms with van der Waals surface area (Å²) < 4.78 is 0. The SMILES string of the molecule is CCCCC1CCC(C2CCC(CC)CC2)C(C)C1.CCCCC1CCC(C2CCC(CCC)CC2)C(C)C1.CCCCC1CCC(C2CCC(CCCC)CC2C)CC1.CCCCCC1CCC(C2CCC(CCCC)CC2C)CC1. The van der Waals surface area contributed by atoms with Crippen molar-refractivity contribution in [3.8, 4) is 0 Å². The zero-order valence-corrected chi connectivity index (χ0v) is 58.9. The average molecular weight is 1140 g/mol. The van der Waals surface area contributed by atoms with Crippen molar-refractivity contribution in [2.24, 2.45) is 118 Å². The van der Waals surface area contributed by atoms with Crippen LogP contribution < -0.4 is 0 Å². The van der Waals surface area contributed by atoms with Crippen LogP contribution in [0.3, 0.4) is 0 Å². The molecule has 8 fully saturated rings. The molecule has 0 amide bonds. The van der Waals surface area contributed by atoms with Gasteiger partial charge in [0.05, 0.1) is 0 Å². The van der Waals surface area contributed by atoms with E-state index in [9.17, 15) is 0 Å². The second kappa shape index (κ2) is 42.8. The molecular weight excluding hydrogens is 985 g/mol. The van der Waals surface area contributed by atoms with Crippen molar-refractivity contribution in [1.82, 2.24) is 0 Å². The molecule has 0 radical (unpaired) electrons. The van der Waals surface area contributed by atoms with Gasteiger partial charge in [0.25, 0.3) is 0 Å². The van der Waals surface area contributed by atoms with Crippen molar-refractivity contribution in [2.45, 2.75) is 404 Å². The molecule has 8 rings (SSSR count). The number of unbranched alkanes of at least 4 members (excludes halogenated alkanes) is 7. The van der Waals surface area contributed by atoms with E-state index in [4.69, 9.17) is 0 Å². The fraction of sp³-hybridized carbons (Fsp3) is 1.00. The minimum Gasteiger partial charge on any atom is -0.0654 e. The highest BCUT2D eigenvalue weighted by Crippen LogP contribution is 2.50. The molecule has 0 aromatic heterocycles. The Kier molecular flexibility index (Phi) is 38.0. The minimum atomic E-state index is 1.01. The highest BCUT2D eigenvalue weighted by molar-refractivity contribution is 4.90. The summed E-state index contributed by atoms with van der Waals surface area (Å²) in [5, 5.41) is 0. The van der Waals surface area contributed by atoms with Gasteiger partial charge in [0.2, 0.25) is 0 Å². The molecule has 0 bridgehead atoms. The van der Waals surface area contributed by atoms with Crippen molar-refractivity contribution in [1.29, 1.82) is 0 Å². The van der Waals surface area contributed by atoms with Gasteiger partial charge in [-0.2, -0.15) is 0 Å². The van der Waals surface area contributed by atoms with Crippen LogP contribution in [-0.4, -0.2) is 0 Å². The Morgan fingerprint density at radius 2 is 0.415 bits per heavy atom. The molecule has 0 heteroatoms. The monoisotopic (exact) mass is 1140 g/mol. The maximum Gasteiger partial charge on any atom is -0.0360 e. The predicted octanol–water partition coefficient (Wildman–Crippen LogP) is 28.1. The third-order valence-electron chi connectivity index (χ3n) is 26.7. The zero-order chi connectivity index (χ0) is 58.9.